The molecule has 5 rings (SSSR count). The maximum atomic E-state index is 12.6. The molecule has 0 unspecified atom stereocenters. The van der Waals surface area contributed by atoms with Gasteiger partial charge in [0.25, 0.3) is 0 Å². The zero-order chi connectivity index (χ0) is 23.3. The van der Waals surface area contributed by atoms with Gasteiger partial charge < -0.3 is 10.1 Å². The fourth-order valence-corrected chi connectivity index (χ4v) is 5.44. The quantitative estimate of drug-likeness (QED) is 0.399. The molecule has 1 saturated heterocycles. The van der Waals surface area contributed by atoms with Crippen molar-refractivity contribution in [1.29, 1.82) is 0 Å². The largest absolute Gasteiger partial charge is 0.497 e. The first kappa shape index (κ1) is 22.6. The average molecular weight is 475 g/mol. The van der Waals surface area contributed by atoms with Crippen LogP contribution in [0.25, 0.3) is 16.2 Å². The van der Waals surface area contributed by atoms with E-state index in [1.807, 2.05) is 24.3 Å². The number of carbonyl (C=O) groups excluding carboxylic acids is 1. The van der Waals surface area contributed by atoms with Crippen LogP contribution in [-0.4, -0.2) is 46.4 Å². The molecule has 6 nitrogen and oxygen atoms in total. The zero-order valence-corrected chi connectivity index (χ0v) is 20.3. The number of rotatable bonds is 8. The third kappa shape index (κ3) is 5.32. The first-order valence-electron chi connectivity index (χ1n) is 11.8. The summed E-state index contributed by atoms with van der Waals surface area (Å²) in [5, 5.41) is 5.36. The lowest BCUT2D eigenvalue weighted by Gasteiger charge is -2.32. The van der Waals surface area contributed by atoms with Gasteiger partial charge in [-0.2, -0.15) is 0 Å². The number of fused-ring (bicyclic) bond motifs is 1. The van der Waals surface area contributed by atoms with E-state index in [9.17, 15) is 4.79 Å². The number of carbonyl (C=O) groups is 1. The predicted molar refractivity (Wildman–Crippen MR) is 136 cm³/mol. The Labute approximate surface area is 204 Å². The number of aryl methyl sites for hydroxylation is 1. The summed E-state index contributed by atoms with van der Waals surface area (Å²) < 4.78 is 7.35. The molecular formula is C27H30N4O2S. The van der Waals surface area contributed by atoms with Gasteiger partial charge in [-0.3, -0.25) is 14.1 Å². The highest BCUT2D eigenvalue weighted by molar-refractivity contribution is 7.15. The van der Waals surface area contributed by atoms with E-state index in [1.165, 1.54) is 5.56 Å². The molecular weight excluding hydrogens is 444 g/mol. The fraction of sp³-hybridized carbons (Fsp3) is 0.333. The standard InChI is InChI=1S/C27H30N4O2S/c1-33-24-10-7-21(8-11-24)25-18-31-23(19-34-27(31)29-25)9-12-26(32)28-22-13-15-30(16-14-22)17-20-5-3-2-4-6-20/h2-8,10-11,18-19,22H,9,12-17H2,1H3,(H,28,32). The van der Waals surface area contributed by atoms with Crippen molar-refractivity contribution < 1.29 is 9.53 Å². The number of methoxy groups -OCH3 is 1. The second-order valence-electron chi connectivity index (χ2n) is 8.84. The molecule has 34 heavy (non-hydrogen) atoms. The van der Waals surface area contributed by atoms with Crippen LogP contribution in [0.1, 0.15) is 30.5 Å². The van der Waals surface area contributed by atoms with Crippen molar-refractivity contribution in [2.75, 3.05) is 20.2 Å². The third-order valence-electron chi connectivity index (χ3n) is 6.48. The topological polar surface area (TPSA) is 58.9 Å². The van der Waals surface area contributed by atoms with Gasteiger partial charge in [0.15, 0.2) is 4.96 Å². The second kappa shape index (κ2) is 10.4. The Morgan fingerprint density at radius 2 is 1.88 bits per heavy atom. The number of ether oxygens (including phenoxy) is 1. The number of nitrogens with zero attached hydrogens (tertiary/aromatic N) is 3. The summed E-state index contributed by atoms with van der Waals surface area (Å²) in [5.41, 5.74) is 4.46. The average Bonchev–Trinajstić information content (AvgIpc) is 3.46. The van der Waals surface area contributed by atoms with Crippen LogP contribution in [0.15, 0.2) is 66.2 Å². The molecule has 0 aliphatic carbocycles. The molecule has 0 bridgehead atoms. The van der Waals surface area contributed by atoms with E-state index in [1.54, 1.807) is 18.4 Å². The lowest BCUT2D eigenvalue weighted by Crippen LogP contribution is -2.44. The van der Waals surface area contributed by atoms with Crippen LogP contribution in [0.2, 0.25) is 0 Å². The Hall–Kier alpha value is -3.16. The number of piperidine rings is 1. The SMILES string of the molecule is COc1ccc(-c2cn3c(CCC(=O)NC4CCN(Cc5ccccc5)CC4)csc3n2)cc1. The van der Waals surface area contributed by atoms with Crippen LogP contribution in [0.4, 0.5) is 0 Å². The summed E-state index contributed by atoms with van der Waals surface area (Å²) in [6.07, 6.45) is 5.27. The molecule has 1 amide bonds. The van der Waals surface area contributed by atoms with Crippen molar-refractivity contribution in [1.82, 2.24) is 19.6 Å². The molecule has 1 N–H and O–H groups in total. The molecule has 1 aliphatic heterocycles. The van der Waals surface area contributed by atoms with E-state index < -0.39 is 0 Å². The monoisotopic (exact) mass is 474 g/mol. The van der Waals surface area contributed by atoms with Crippen molar-refractivity contribution in [2.24, 2.45) is 0 Å². The van der Waals surface area contributed by atoms with Crippen LogP contribution in [0.5, 0.6) is 5.75 Å². The summed E-state index contributed by atoms with van der Waals surface area (Å²) in [4.78, 5) is 20.8. The third-order valence-corrected chi connectivity index (χ3v) is 7.37. The summed E-state index contributed by atoms with van der Waals surface area (Å²) in [6.45, 7) is 3.03. The zero-order valence-electron chi connectivity index (χ0n) is 19.4. The molecule has 2 aromatic carbocycles. The van der Waals surface area contributed by atoms with Crippen molar-refractivity contribution >= 4 is 22.2 Å². The molecule has 2 aromatic heterocycles. The summed E-state index contributed by atoms with van der Waals surface area (Å²) in [7, 11) is 1.67. The summed E-state index contributed by atoms with van der Waals surface area (Å²) in [6, 6.07) is 18.8. The van der Waals surface area contributed by atoms with E-state index >= 15 is 0 Å². The number of nitrogens with one attached hydrogen (secondary N) is 1. The maximum absolute atomic E-state index is 12.6. The molecule has 0 spiro atoms. The number of likely N-dealkylation sites (tertiary alicyclic amines) is 1. The van der Waals surface area contributed by atoms with Gasteiger partial charge in [0.2, 0.25) is 5.91 Å². The smallest absolute Gasteiger partial charge is 0.220 e. The highest BCUT2D eigenvalue weighted by atomic mass is 32.1. The highest BCUT2D eigenvalue weighted by Gasteiger charge is 2.21. The molecule has 4 aromatic rings. The van der Waals surface area contributed by atoms with Crippen LogP contribution < -0.4 is 10.1 Å². The van der Waals surface area contributed by atoms with Crippen molar-refractivity contribution in [3.8, 4) is 17.0 Å². The van der Waals surface area contributed by atoms with Gasteiger partial charge in [-0.05, 0) is 49.1 Å². The van der Waals surface area contributed by atoms with Gasteiger partial charge >= 0.3 is 0 Å². The number of amides is 1. The number of aromatic nitrogens is 2. The van der Waals surface area contributed by atoms with E-state index in [4.69, 9.17) is 9.72 Å². The van der Waals surface area contributed by atoms with Crippen molar-refractivity contribution in [3.05, 3.63) is 77.4 Å². The van der Waals surface area contributed by atoms with Crippen LogP contribution in [0.3, 0.4) is 0 Å². The van der Waals surface area contributed by atoms with Gasteiger partial charge in [-0.15, -0.1) is 11.3 Å². The van der Waals surface area contributed by atoms with Gasteiger partial charge in [-0.25, -0.2) is 4.98 Å². The van der Waals surface area contributed by atoms with Gasteiger partial charge in [-0.1, -0.05) is 30.3 Å². The Morgan fingerprint density at radius 1 is 1.12 bits per heavy atom. The number of hydrogen-bond donors (Lipinski definition) is 1. The predicted octanol–water partition coefficient (Wildman–Crippen LogP) is 4.78. The van der Waals surface area contributed by atoms with E-state index in [2.05, 4.69) is 56.5 Å². The minimum atomic E-state index is 0.136. The molecule has 0 radical (unpaired) electrons. The summed E-state index contributed by atoms with van der Waals surface area (Å²) >= 11 is 1.62. The van der Waals surface area contributed by atoms with E-state index in [-0.39, 0.29) is 11.9 Å². The Kier molecular flexibility index (Phi) is 6.92. The first-order chi connectivity index (χ1) is 16.7. The van der Waals surface area contributed by atoms with E-state index in [0.717, 1.165) is 60.1 Å². The molecule has 0 saturated carbocycles. The van der Waals surface area contributed by atoms with Crippen LogP contribution in [-0.2, 0) is 17.8 Å². The molecule has 176 valence electrons. The first-order valence-corrected chi connectivity index (χ1v) is 12.7. The lowest BCUT2D eigenvalue weighted by atomic mass is 10.0. The minimum Gasteiger partial charge on any atom is -0.497 e. The number of hydrogen-bond acceptors (Lipinski definition) is 5. The van der Waals surface area contributed by atoms with Crippen molar-refractivity contribution in [3.63, 3.8) is 0 Å². The minimum absolute atomic E-state index is 0.136. The molecule has 1 fully saturated rings. The van der Waals surface area contributed by atoms with Gasteiger partial charge in [0.1, 0.15) is 5.75 Å². The number of thiazole rings is 1. The fourth-order valence-electron chi connectivity index (χ4n) is 4.53. The molecule has 3 heterocycles. The maximum Gasteiger partial charge on any atom is 0.220 e. The van der Waals surface area contributed by atoms with Crippen LogP contribution in [0, 0.1) is 0 Å². The molecule has 7 heteroatoms. The number of benzene rings is 2. The Bertz CT molecular complexity index is 1220. The van der Waals surface area contributed by atoms with Crippen molar-refractivity contribution in [2.45, 2.75) is 38.3 Å². The Morgan fingerprint density at radius 3 is 2.62 bits per heavy atom. The molecule has 0 atom stereocenters. The highest BCUT2D eigenvalue weighted by Crippen LogP contribution is 2.26. The van der Waals surface area contributed by atoms with E-state index in [0.29, 0.717) is 12.8 Å². The summed E-state index contributed by atoms with van der Waals surface area (Å²) in [5.74, 6) is 0.967. The number of imidazole rings is 1. The normalized spacial score (nSPS) is 15.0. The van der Waals surface area contributed by atoms with Crippen LogP contribution >= 0.6 is 11.3 Å². The Balaban J connectivity index is 1.11. The lowest BCUT2D eigenvalue weighted by molar-refractivity contribution is -0.122. The molecule has 1 aliphatic rings. The van der Waals surface area contributed by atoms with Gasteiger partial charge in [0, 0.05) is 54.9 Å². The van der Waals surface area contributed by atoms with Gasteiger partial charge in [0.05, 0.1) is 12.8 Å². The second-order valence-corrected chi connectivity index (χ2v) is 9.67.